The summed E-state index contributed by atoms with van der Waals surface area (Å²) in [6, 6.07) is 4.32. The third kappa shape index (κ3) is 7.70. The zero-order valence-electron chi connectivity index (χ0n) is 15.3. The topological polar surface area (TPSA) is 39.7 Å². The molecule has 0 bridgehead atoms. The molecule has 2 heterocycles. The number of nitrogens with zero attached hydrogens (tertiary/aromatic N) is 2. The van der Waals surface area contributed by atoms with Gasteiger partial charge >= 0.3 is 0 Å². The fraction of sp³-hybridized carbons (Fsp3) is 0.722. The molecule has 2 N–H and O–H groups in total. The summed E-state index contributed by atoms with van der Waals surface area (Å²) in [5.74, 6) is 2.07. The Morgan fingerprint density at radius 2 is 1.92 bits per heavy atom. The second kappa shape index (κ2) is 12.1. The molecule has 1 aliphatic rings. The second-order valence-electron chi connectivity index (χ2n) is 6.72. The van der Waals surface area contributed by atoms with Crippen LogP contribution in [0.25, 0.3) is 0 Å². The lowest BCUT2D eigenvalue weighted by Crippen LogP contribution is -2.43. The van der Waals surface area contributed by atoms with Crippen LogP contribution in [0, 0.1) is 5.92 Å². The predicted molar refractivity (Wildman–Crippen MR) is 117 cm³/mol. The van der Waals surface area contributed by atoms with Gasteiger partial charge < -0.3 is 15.5 Å². The van der Waals surface area contributed by atoms with Crippen LogP contribution in [0.1, 0.15) is 43.9 Å². The lowest BCUT2D eigenvalue weighted by molar-refractivity contribution is 0.201. The van der Waals surface area contributed by atoms with Gasteiger partial charge in [0.25, 0.3) is 0 Å². The van der Waals surface area contributed by atoms with E-state index in [0.717, 1.165) is 19.0 Å². The number of guanidine groups is 1. The highest BCUT2D eigenvalue weighted by molar-refractivity contribution is 14.0. The molecule has 0 spiro atoms. The van der Waals surface area contributed by atoms with Gasteiger partial charge in [-0.1, -0.05) is 26.3 Å². The largest absolute Gasteiger partial charge is 0.356 e. The van der Waals surface area contributed by atoms with E-state index in [-0.39, 0.29) is 24.0 Å². The molecule has 0 aromatic carbocycles. The van der Waals surface area contributed by atoms with Crippen molar-refractivity contribution in [1.82, 2.24) is 15.5 Å². The Morgan fingerprint density at radius 1 is 1.21 bits per heavy atom. The van der Waals surface area contributed by atoms with Gasteiger partial charge in [0.15, 0.2) is 5.96 Å². The molecule has 6 heteroatoms. The average Bonchev–Trinajstić information content (AvgIpc) is 3.10. The molecule has 0 amide bonds. The maximum absolute atomic E-state index is 4.34. The molecule has 1 aromatic heterocycles. The Balaban J connectivity index is 0.00000288. The second-order valence-corrected chi connectivity index (χ2v) is 7.70. The number of rotatable bonds is 7. The monoisotopic (exact) mass is 464 g/mol. The van der Waals surface area contributed by atoms with E-state index in [0.29, 0.717) is 11.8 Å². The summed E-state index contributed by atoms with van der Waals surface area (Å²) >= 11 is 1.82. The molecule has 0 saturated carbocycles. The van der Waals surface area contributed by atoms with Crippen LogP contribution in [0.2, 0.25) is 0 Å². The van der Waals surface area contributed by atoms with Crippen molar-refractivity contribution < 1.29 is 0 Å². The molecule has 0 radical (unpaired) electrons. The highest BCUT2D eigenvalue weighted by Gasteiger charge is 2.14. The molecule has 1 aromatic rings. The van der Waals surface area contributed by atoms with Gasteiger partial charge in [-0.05, 0) is 43.3 Å². The van der Waals surface area contributed by atoms with Crippen LogP contribution in [-0.2, 0) is 0 Å². The Labute approximate surface area is 168 Å². The summed E-state index contributed by atoms with van der Waals surface area (Å²) < 4.78 is 0. The van der Waals surface area contributed by atoms with E-state index >= 15 is 0 Å². The van der Waals surface area contributed by atoms with E-state index in [2.05, 4.69) is 51.9 Å². The Bertz CT molecular complexity index is 458. The average molecular weight is 464 g/mol. The van der Waals surface area contributed by atoms with Crippen molar-refractivity contribution >= 4 is 41.3 Å². The van der Waals surface area contributed by atoms with E-state index in [1.54, 1.807) is 0 Å². The lowest BCUT2D eigenvalue weighted by atomic mass is 10.1. The molecule has 2 rings (SSSR count). The van der Waals surface area contributed by atoms with Gasteiger partial charge in [0.1, 0.15) is 0 Å². The molecule has 2 atom stereocenters. The number of thiophene rings is 1. The number of likely N-dealkylation sites (tertiary alicyclic amines) is 1. The van der Waals surface area contributed by atoms with Gasteiger partial charge in [-0.2, -0.15) is 0 Å². The van der Waals surface area contributed by atoms with Gasteiger partial charge in [-0.25, -0.2) is 0 Å². The summed E-state index contributed by atoms with van der Waals surface area (Å²) in [7, 11) is 1.85. The van der Waals surface area contributed by atoms with Crippen molar-refractivity contribution in [2.45, 2.75) is 39.0 Å². The quantitative estimate of drug-likeness (QED) is 0.367. The number of piperidine rings is 1. The highest BCUT2D eigenvalue weighted by Crippen LogP contribution is 2.19. The third-order valence-electron chi connectivity index (χ3n) is 4.46. The van der Waals surface area contributed by atoms with Crippen LogP contribution in [0.15, 0.2) is 22.5 Å². The first-order valence-corrected chi connectivity index (χ1v) is 9.77. The summed E-state index contributed by atoms with van der Waals surface area (Å²) in [5, 5.41) is 9.06. The first-order valence-electron chi connectivity index (χ1n) is 8.89. The van der Waals surface area contributed by atoms with Crippen LogP contribution in [0.3, 0.4) is 0 Å². The fourth-order valence-electron chi connectivity index (χ4n) is 3.06. The van der Waals surface area contributed by atoms with Crippen LogP contribution in [0.5, 0.6) is 0 Å². The molecular weight excluding hydrogens is 431 g/mol. The minimum atomic E-state index is 0. The highest BCUT2D eigenvalue weighted by atomic mass is 127. The van der Waals surface area contributed by atoms with Crippen LogP contribution in [-0.4, -0.2) is 50.6 Å². The number of hydrogen-bond donors (Lipinski definition) is 2. The van der Waals surface area contributed by atoms with Gasteiger partial charge in [0, 0.05) is 37.5 Å². The maximum atomic E-state index is 4.34. The van der Waals surface area contributed by atoms with E-state index in [9.17, 15) is 0 Å². The molecule has 24 heavy (non-hydrogen) atoms. The van der Waals surface area contributed by atoms with Gasteiger partial charge in [0.05, 0.1) is 0 Å². The van der Waals surface area contributed by atoms with Crippen LogP contribution in [0.4, 0.5) is 0 Å². The number of nitrogens with one attached hydrogen (secondary N) is 2. The van der Waals surface area contributed by atoms with Crippen molar-refractivity contribution in [3.63, 3.8) is 0 Å². The fourth-order valence-corrected chi connectivity index (χ4v) is 3.85. The molecule has 2 unspecified atom stereocenters. The first kappa shape index (κ1) is 21.7. The SMILES string of the molecule is CN=C(NCC(C)CN1CCCCC1)NCC(C)c1cccs1.I. The summed E-state index contributed by atoms with van der Waals surface area (Å²) in [6.45, 7) is 10.2. The lowest BCUT2D eigenvalue weighted by Gasteiger charge is -2.29. The minimum absolute atomic E-state index is 0. The van der Waals surface area contributed by atoms with Gasteiger partial charge in [-0.3, -0.25) is 4.99 Å². The van der Waals surface area contributed by atoms with E-state index in [1.165, 1.54) is 43.8 Å². The van der Waals surface area contributed by atoms with E-state index in [1.807, 2.05) is 18.4 Å². The minimum Gasteiger partial charge on any atom is -0.356 e. The number of halogens is 1. The molecule has 1 aliphatic heterocycles. The van der Waals surface area contributed by atoms with E-state index < -0.39 is 0 Å². The summed E-state index contributed by atoms with van der Waals surface area (Å²) in [6.07, 6.45) is 4.13. The zero-order chi connectivity index (χ0) is 16.5. The van der Waals surface area contributed by atoms with Gasteiger partial charge in [0.2, 0.25) is 0 Å². The zero-order valence-corrected chi connectivity index (χ0v) is 18.4. The van der Waals surface area contributed by atoms with Crippen LogP contribution < -0.4 is 10.6 Å². The Hall–Kier alpha value is -0.340. The normalized spacial score (nSPS) is 18.5. The first-order chi connectivity index (χ1) is 11.2. The predicted octanol–water partition coefficient (Wildman–Crippen LogP) is 3.76. The molecule has 1 fully saturated rings. The number of hydrogen-bond acceptors (Lipinski definition) is 3. The molecule has 0 aliphatic carbocycles. The van der Waals surface area contributed by atoms with E-state index in [4.69, 9.17) is 0 Å². The Morgan fingerprint density at radius 3 is 2.54 bits per heavy atom. The smallest absolute Gasteiger partial charge is 0.191 e. The van der Waals surface area contributed by atoms with Crippen molar-refractivity contribution in [3.8, 4) is 0 Å². The Kier molecular flexibility index (Phi) is 10.9. The van der Waals surface area contributed by atoms with Crippen molar-refractivity contribution in [2.75, 3.05) is 39.8 Å². The molecular formula is C18H33IN4S. The summed E-state index contributed by atoms with van der Waals surface area (Å²) in [4.78, 5) is 8.37. The maximum Gasteiger partial charge on any atom is 0.191 e. The van der Waals surface area contributed by atoms with Crippen LogP contribution >= 0.6 is 35.3 Å². The van der Waals surface area contributed by atoms with Crippen molar-refractivity contribution in [2.24, 2.45) is 10.9 Å². The molecule has 4 nitrogen and oxygen atoms in total. The summed E-state index contributed by atoms with van der Waals surface area (Å²) in [5.41, 5.74) is 0. The van der Waals surface area contributed by atoms with Gasteiger partial charge in [-0.15, -0.1) is 35.3 Å². The molecule has 1 saturated heterocycles. The van der Waals surface area contributed by atoms with Crippen molar-refractivity contribution in [3.05, 3.63) is 22.4 Å². The number of aliphatic imine (C=N–C) groups is 1. The standard InChI is InChI=1S/C18H32N4S.HI/c1-15(14-22-9-5-4-6-10-22)12-20-18(19-3)21-13-16(2)17-8-7-11-23-17;/h7-8,11,15-16H,4-6,9-10,12-14H2,1-3H3,(H2,19,20,21);1H. The van der Waals surface area contributed by atoms with Crippen molar-refractivity contribution in [1.29, 1.82) is 0 Å². The third-order valence-corrected chi connectivity index (χ3v) is 5.57. The molecule has 138 valence electrons.